The van der Waals surface area contributed by atoms with Crippen LogP contribution in [0.3, 0.4) is 0 Å². The van der Waals surface area contributed by atoms with Crippen LogP contribution in [0.25, 0.3) is 44.9 Å². The number of hydrogen-bond donors (Lipinski definition) is 3. The van der Waals surface area contributed by atoms with Crippen LogP contribution in [0.5, 0.6) is 5.75 Å². The Bertz CT molecular complexity index is 2420. The number of fused-ring (bicyclic) bond motifs is 7. The Balaban J connectivity index is 1.40. The Morgan fingerprint density at radius 3 is 2.67 bits per heavy atom. The molecule has 244 valence electrons. The zero-order valence-electron chi connectivity index (χ0n) is 27.1. The lowest BCUT2D eigenvalue weighted by Gasteiger charge is -2.28. The van der Waals surface area contributed by atoms with Gasteiger partial charge in [0.25, 0.3) is 0 Å². The van der Waals surface area contributed by atoms with Crippen molar-refractivity contribution in [1.29, 1.82) is 0 Å². The molecule has 0 radical (unpaired) electrons. The van der Waals surface area contributed by atoms with Crippen molar-refractivity contribution in [3.63, 3.8) is 0 Å². The molecule has 7 heterocycles. The van der Waals surface area contributed by atoms with Crippen molar-refractivity contribution < 1.29 is 27.9 Å². The minimum atomic E-state index is -1.04. The Kier molecular flexibility index (Phi) is 5.54. The maximum atomic E-state index is 13.6. The van der Waals surface area contributed by atoms with Gasteiger partial charge in [0.05, 0.1) is 7.11 Å². The molecule has 11 heteroatoms. The molecular formula is C38H31N5O6. The molecule has 0 saturated carbocycles. The third kappa shape index (κ3) is 3.56. The van der Waals surface area contributed by atoms with Crippen LogP contribution in [-0.2, 0) is 21.4 Å². The summed E-state index contributed by atoms with van der Waals surface area (Å²) in [5, 5.41) is 7.84. The summed E-state index contributed by atoms with van der Waals surface area (Å²) in [4.78, 5) is 40.2. The van der Waals surface area contributed by atoms with Crippen molar-refractivity contribution >= 4 is 28.5 Å². The first kappa shape index (κ1) is 28.2. The number of rotatable bonds is 2. The standard InChI is InChI=1S/C38H31N5O6/c1-16(2)27-34-42-30-32(49-34)38-22-9-5-8-20(28(22)43-37(38)47-25-12-11-18(14-23(25)38)13-17(3)33(44)40-27)19-7-6-10-24-26(19)21(15-39-24)31-29(36(45)46-4)41-35(30)48-31/h5-12,14-17,27,37,39,43H,13H2,1-4H3,(H,40,44)/t17?,27-,37-,38?/m0/s1. The molecule has 6 aromatic rings. The number of esters is 1. The van der Waals surface area contributed by atoms with Gasteiger partial charge in [0.1, 0.15) is 17.2 Å². The molecule has 4 atom stereocenters. The summed E-state index contributed by atoms with van der Waals surface area (Å²) < 4.78 is 25.6. The lowest BCUT2D eigenvalue weighted by Crippen LogP contribution is -2.40. The van der Waals surface area contributed by atoms with Gasteiger partial charge in [0.2, 0.25) is 17.7 Å². The number of ether oxygens (including phenoxy) is 2. The third-order valence-corrected chi connectivity index (χ3v) is 10.5. The summed E-state index contributed by atoms with van der Waals surface area (Å²) in [5.74, 6) is 0.647. The van der Waals surface area contributed by atoms with Gasteiger partial charge in [-0.15, -0.1) is 0 Å². The molecule has 4 aliphatic rings. The first-order valence-electron chi connectivity index (χ1n) is 16.5. The van der Waals surface area contributed by atoms with Gasteiger partial charge < -0.3 is 33.9 Å². The van der Waals surface area contributed by atoms with Gasteiger partial charge in [-0.25, -0.2) is 9.78 Å². The highest BCUT2D eigenvalue weighted by Gasteiger charge is 2.61. The molecule has 0 fully saturated rings. The molecule has 3 aromatic heterocycles. The van der Waals surface area contributed by atoms with Crippen molar-refractivity contribution in [2.24, 2.45) is 11.8 Å². The Labute approximate surface area is 280 Å². The quantitative estimate of drug-likeness (QED) is 0.173. The molecule has 10 rings (SSSR count). The number of oxazole rings is 2. The van der Waals surface area contributed by atoms with Crippen molar-refractivity contribution in [2.75, 3.05) is 12.4 Å². The van der Waals surface area contributed by atoms with Crippen LogP contribution in [0.1, 0.15) is 65.6 Å². The summed E-state index contributed by atoms with van der Waals surface area (Å²) >= 11 is 0. The summed E-state index contributed by atoms with van der Waals surface area (Å²) in [6.07, 6.45) is 1.73. The van der Waals surface area contributed by atoms with E-state index in [1.165, 1.54) is 7.11 Å². The topological polar surface area (TPSA) is 145 Å². The van der Waals surface area contributed by atoms with Crippen LogP contribution in [0.15, 0.2) is 69.6 Å². The van der Waals surface area contributed by atoms with Crippen molar-refractivity contribution in [2.45, 2.75) is 44.9 Å². The maximum absolute atomic E-state index is 13.6. The first-order valence-corrected chi connectivity index (χ1v) is 16.5. The molecule has 3 aromatic carbocycles. The van der Waals surface area contributed by atoms with E-state index in [-0.39, 0.29) is 35.1 Å². The largest absolute Gasteiger partial charge is 0.469 e. The van der Waals surface area contributed by atoms with Gasteiger partial charge in [-0.05, 0) is 35.6 Å². The van der Waals surface area contributed by atoms with Gasteiger partial charge in [0.15, 0.2) is 29.1 Å². The predicted octanol–water partition coefficient (Wildman–Crippen LogP) is 6.73. The molecule has 1 spiro atoms. The Morgan fingerprint density at radius 2 is 1.84 bits per heavy atom. The lowest BCUT2D eigenvalue weighted by atomic mass is 9.72. The van der Waals surface area contributed by atoms with Crippen LogP contribution >= 0.6 is 0 Å². The van der Waals surface area contributed by atoms with E-state index in [0.29, 0.717) is 35.1 Å². The number of nitrogens with one attached hydrogen (secondary N) is 3. The lowest BCUT2D eigenvalue weighted by molar-refractivity contribution is -0.125. The zero-order valence-corrected chi connectivity index (χ0v) is 27.1. The van der Waals surface area contributed by atoms with E-state index in [2.05, 4.69) is 45.9 Å². The average molecular weight is 654 g/mol. The number of nitrogens with zero attached hydrogens (tertiary/aromatic N) is 2. The number of methoxy groups -OCH3 is 1. The van der Waals surface area contributed by atoms with Gasteiger partial charge >= 0.3 is 5.97 Å². The normalized spacial score (nSPS) is 22.5. The number of aromatic nitrogens is 3. The molecule has 0 saturated heterocycles. The monoisotopic (exact) mass is 653 g/mol. The third-order valence-electron chi connectivity index (χ3n) is 10.5. The van der Waals surface area contributed by atoms with Crippen molar-refractivity contribution in [3.05, 3.63) is 94.8 Å². The van der Waals surface area contributed by atoms with Gasteiger partial charge in [-0.2, -0.15) is 4.98 Å². The van der Waals surface area contributed by atoms with Gasteiger partial charge in [0, 0.05) is 51.0 Å². The molecule has 2 unspecified atom stereocenters. The number of hydrogen-bond acceptors (Lipinski definition) is 9. The number of H-pyrrole nitrogens is 1. The zero-order chi connectivity index (χ0) is 33.3. The van der Waals surface area contributed by atoms with Crippen LogP contribution in [0.4, 0.5) is 5.69 Å². The number of para-hydroxylation sites is 1. The molecule has 11 nitrogen and oxygen atoms in total. The second-order valence-electron chi connectivity index (χ2n) is 13.7. The van der Waals surface area contributed by atoms with E-state index in [0.717, 1.165) is 44.4 Å². The van der Waals surface area contributed by atoms with E-state index in [9.17, 15) is 9.59 Å². The SMILES string of the molecule is COC(=O)c1nc2oc1-c1c[nH]c3cccc(c13)-c1cccc3c1N[C@H]1Oc4ccc5cc4C31c1oc(nc1-2)[C@H](C(C)C)NC(=O)C(C)C5. The van der Waals surface area contributed by atoms with Crippen LogP contribution in [-0.4, -0.2) is 40.2 Å². The smallest absolute Gasteiger partial charge is 0.360 e. The summed E-state index contributed by atoms with van der Waals surface area (Å²) in [7, 11) is 1.32. The number of amides is 1. The van der Waals surface area contributed by atoms with Gasteiger partial charge in [-0.3, -0.25) is 4.79 Å². The number of carbonyl (C=O) groups is 2. The summed E-state index contributed by atoms with van der Waals surface area (Å²) in [5.41, 5.74) is 6.40. The molecule has 10 bridgehead atoms. The second kappa shape index (κ2) is 9.62. The van der Waals surface area contributed by atoms with E-state index in [4.69, 9.17) is 28.3 Å². The number of aromatic amines is 1. The van der Waals surface area contributed by atoms with Gasteiger partial charge in [-0.1, -0.05) is 63.2 Å². The fourth-order valence-electron chi connectivity index (χ4n) is 8.22. The Morgan fingerprint density at radius 1 is 1.00 bits per heavy atom. The highest BCUT2D eigenvalue weighted by atomic mass is 16.5. The Hall–Kier alpha value is -5.84. The fourth-order valence-corrected chi connectivity index (χ4v) is 8.22. The van der Waals surface area contributed by atoms with Crippen molar-refractivity contribution in [1.82, 2.24) is 20.3 Å². The van der Waals surface area contributed by atoms with Crippen molar-refractivity contribution in [3.8, 4) is 39.8 Å². The fraction of sp³-hybridized carbons (Fsp3) is 0.263. The number of carbonyl (C=O) groups excluding carboxylic acids is 2. The highest BCUT2D eigenvalue weighted by Crippen LogP contribution is 2.61. The molecule has 4 aliphatic heterocycles. The number of anilines is 1. The molecule has 3 N–H and O–H groups in total. The van der Waals surface area contributed by atoms with E-state index < -0.39 is 23.7 Å². The van der Waals surface area contributed by atoms with E-state index in [1.54, 1.807) is 0 Å². The van der Waals surface area contributed by atoms with Crippen LogP contribution in [0, 0.1) is 11.8 Å². The average Bonchev–Trinajstić information content (AvgIpc) is 3.91. The number of benzene rings is 3. The van der Waals surface area contributed by atoms with E-state index in [1.807, 2.05) is 51.2 Å². The molecule has 0 aliphatic carbocycles. The maximum Gasteiger partial charge on any atom is 0.360 e. The second-order valence-corrected chi connectivity index (χ2v) is 13.7. The minimum absolute atomic E-state index is 0.0153. The first-order chi connectivity index (χ1) is 23.8. The minimum Gasteiger partial charge on any atom is -0.469 e. The summed E-state index contributed by atoms with van der Waals surface area (Å²) in [6.45, 7) is 5.96. The van der Waals surface area contributed by atoms with E-state index >= 15 is 0 Å². The molecule has 49 heavy (non-hydrogen) atoms. The summed E-state index contributed by atoms with van der Waals surface area (Å²) in [6, 6.07) is 17.8. The molecular weight excluding hydrogens is 622 g/mol. The van der Waals surface area contributed by atoms with Crippen LogP contribution in [0.2, 0.25) is 0 Å². The highest BCUT2D eigenvalue weighted by molar-refractivity contribution is 6.10. The predicted molar refractivity (Wildman–Crippen MR) is 179 cm³/mol. The van der Waals surface area contributed by atoms with Crippen LogP contribution < -0.4 is 15.4 Å². The molecule has 1 amide bonds.